The third-order valence-corrected chi connectivity index (χ3v) is 8.61. The van der Waals surface area contributed by atoms with Crippen LogP contribution in [0.5, 0.6) is 5.75 Å². The number of carbonyl (C=O) groups is 2. The van der Waals surface area contributed by atoms with Gasteiger partial charge in [0, 0.05) is 75.9 Å². The lowest BCUT2D eigenvalue weighted by atomic mass is 9.92. The highest BCUT2D eigenvalue weighted by Crippen LogP contribution is 2.31. The Labute approximate surface area is 241 Å². The van der Waals surface area contributed by atoms with Gasteiger partial charge in [0.25, 0.3) is 5.91 Å². The minimum Gasteiger partial charge on any atom is -0.478 e. The van der Waals surface area contributed by atoms with Crippen molar-refractivity contribution >= 4 is 17.5 Å². The van der Waals surface area contributed by atoms with Crippen molar-refractivity contribution in [2.75, 3.05) is 50.7 Å². The average molecular weight is 557 g/mol. The number of piperazine rings is 1. The van der Waals surface area contributed by atoms with Crippen LogP contribution in [0.1, 0.15) is 37.8 Å². The van der Waals surface area contributed by atoms with Gasteiger partial charge in [-0.1, -0.05) is 24.3 Å². The second kappa shape index (κ2) is 11.6. The van der Waals surface area contributed by atoms with Crippen LogP contribution in [0.2, 0.25) is 0 Å². The molecule has 6 rings (SSSR count). The zero-order valence-electron chi connectivity index (χ0n) is 24.1. The topological polar surface area (TPSA) is 93.8 Å². The van der Waals surface area contributed by atoms with E-state index in [4.69, 9.17) is 4.74 Å². The summed E-state index contributed by atoms with van der Waals surface area (Å²) in [5.74, 6) is 0.890. The normalized spacial score (nSPS) is 19.6. The fourth-order valence-electron chi connectivity index (χ4n) is 6.33. The van der Waals surface area contributed by atoms with Crippen molar-refractivity contribution in [3.05, 3.63) is 66.0 Å². The number of aromatic nitrogens is 2. The number of nitrogens with zero attached hydrogens (tertiary/aromatic N) is 4. The van der Waals surface area contributed by atoms with Crippen molar-refractivity contribution in [2.24, 2.45) is 5.92 Å². The Morgan fingerprint density at radius 1 is 0.976 bits per heavy atom. The predicted octanol–water partition coefficient (Wildman–Crippen LogP) is 3.47. The summed E-state index contributed by atoms with van der Waals surface area (Å²) in [4.78, 5) is 33.0. The SMILES string of the molecule is CC(C)(Oc1cccc(N2CCC[C@@H](C(=O)N3CCc4cc(-c5cn[nH]c5)ccc4C3)C2)c1)C(=O)N1CCNCC1. The van der Waals surface area contributed by atoms with E-state index in [2.05, 4.69) is 44.7 Å². The first-order valence-electron chi connectivity index (χ1n) is 14.8. The van der Waals surface area contributed by atoms with Crippen molar-refractivity contribution in [1.29, 1.82) is 0 Å². The Hall–Kier alpha value is -3.85. The summed E-state index contributed by atoms with van der Waals surface area (Å²) in [6, 6.07) is 14.5. The molecule has 2 aromatic carbocycles. The number of hydrogen-bond donors (Lipinski definition) is 2. The van der Waals surface area contributed by atoms with Gasteiger partial charge >= 0.3 is 0 Å². The van der Waals surface area contributed by atoms with Gasteiger partial charge in [-0.05, 0) is 61.9 Å². The lowest BCUT2D eigenvalue weighted by molar-refractivity contribution is -0.146. The maximum atomic E-state index is 13.7. The average Bonchev–Trinajstić information content (AvgIpc) is 3.55. The van der Waals surface area contributed by atoms with E-state index in [1.807, 2.05) is 54.2 Å². The number of rotatable bonds is 6. The standard InChI is InChI=1S/C32H40N6O3/c1-32(2,31(40)36-15-11-33-12-16-36)41-29-7-3-6-28(18-29)37-13-4-5-26(22-37)30(39)38-14-10-24-17-23(8-9-25(24)21-38)27-19-34-35-20-27/h3,6-9,17-20,26,33H,4-5,10-16,21-22H2,1-2H3,(H,34,35)/t26-/m1/s1. The van der Waals surface area contributed by atoms with Crippen molar-refractivity contribution in [2.45, 2.75) is 45.3 Å². The van der Waals surface area contributed by atoms with E-state index in [0.717, 1.165) is 62.3 Å². The summed E-state index contributed by atoms with van der Waals surface area (Å²) in [6.45, 7) is 9.69. The Morgan fingerprint density at radius 3 is 2.63 bits per heavy atom. The number of ether oxygens (including phenoxy) is 1. The third kappa shape index (κ3) is 5.95. The molecule has 3 aliphatic rings. The fraction of sp³-hybridized carbons (Fsp3) is 0.469. The highest BCUT2D eigenvalue weighted by atomic mass is 16.5. The number of anilines is 1. The Balaban J connectivity index is 1.09. The van der Waals surface area contributed by atoms with E-state index in [9.17, 15) is 9.59 Å². The van der Waals surface area contributed by atoms with Gasteiger partial charge < -0.3 is 24.8 Å². The molecule has 2 fully saturated rings. The number of benzene rings is 2. The van der Waals surface area contributed by atoms with Gasteiger partial charge in [0.1, 0.15) is 5.75 Å². The molecule has 0 saturated carbocycles. The first-order valence-corrected chi connectivity index (χ1v) is 14.8. The van der Waals surface area contributed by atoms with Crippen LogP contribution < -0.4 is 15.0 Å². The number of H-pyrrole nitrogens is 1. The van der Waals surface area contributed by atoms with Gasteiger partial charge in [0.15, 0.2) is 5.60 Å². The van der Waals surface area contributed by atoms with Gasteiger partial charge in [0.05, 0.1) is 12.1 Å². The zero-order chi connectivity index (χ0) is 28.4. The first kappa shape index (κ1) is 27.3. The van der Waals surface area contributed by atoms with Crippen molar-refractivity contribution in [1.82, 2.24) is 25.3 Å². The lowest BCUT2D eigenvalue weighted by Crippen LogP contribution is -2.54. The lowest BCUT2D eigenvalue weighted by Gasteiger charge is -2.38. The van der Waals surface area contributed by atoms with Crippen LogP contribution in [-0.2, 0) is 22.6 Å². The summed E-state index contributed by atoms with van der Waals surface area (Å²) in [5, 5.41) is 10.2. The van der Waals surface area contributed by atoms with E-state index >= 15 is 0 Å². The molecular formula is C32H40N6O3. The minimum absolute atomic E-state index is 0.00819. The van der Waals surface area contributed by atoms with Crippen molar-refractivity contribution in [3.8, 4) is 16.9 Å². The number of nitrogens with one attached hydrogen (secondary N) is 2. The second-order valence-corrected chi connectivity index (χ2v) is 11.9. The van der Waals surface area contributed by atoms with Gasteiger partial charge in [-0.25, -0.2) is 0 Å². The molecule has 1 atom stereocenters. The van der Waals surface area contributed by atoms with Gasteiger partial charge in [-0.3, -0.25) is 14.7 Å². The van der Waals surface area contributed by atoms with Crippen molar-refractivity contribution < 1.29 is 14.3 Å². The Morgan fingerprint density at radius 2 is 1.83 bits per heavy atom. The highest BCUT2D eigenvalue weighted by molar-refractivity contribution is 5.85. The number of carbonyl (C=O) groups excluding carboxylic acids is 2. The number of hydrogen-bond acceptors (Lipinski definition) is 6. The molecule has 0 bridgehead atoms. The molecule has 2 N–H and O–H groups in total. The highest BCUT2D eigenvalue weighted by Gasteiger charge is 2.35. The molecule has 0 radical (unpaired) electrons. The van der Waals surface area contributed by atoms with E-state index < -0.39 is 5.60 Å². The van der Waals surface area contributed by atoms with Crippen LogP contribution >= 0.6 is 0 Å². The van der Waals surface area contributed by atoms with Crippen LogP contribution in [-0.4, -0.2) is 83.2 Å². The largest absolute Gasteiger partial charge is 0.478 e. The molecule has 9 nitrogen and oxygen atoms in total. The minimum atomic E-state index is -0.958. The second-order valence-electron chi connectivity index (χ2n) is 11.9. The fourth-order valence-corrected chi connectivity index (χ4v) is 6.33. The van der Waals surface area contributed by atoms with Gasteiger partial charge in [-0.2, -0.15) is 5.10 Å². The predicted molar refractivity (Wildman–Crippen MR) is 159 cm³/mol. The maximum absolute atomic E-state index is 13.7. The molecule has 1 aromatic heterocycles. The zero-order valence-corrected chi connectivity index (χ0v) is 24.1. The van der Waals surface area contributed by atoms with E-state index in [1.54, 1.807) is 0 Å². The molecule has 4 heterocycles. The number of aromatic amines is 1. The number of piperidine rings is 1. The van der Waals surface area contributed by atoms with Crippen LogP contribution in [0.3, 0.4) is 0 Å². The molecule has 3 aliphatic heterocycles. The quantitative estimate of drug-likeness (QED) is 0.483. The van der Waals surface area contributed by atoms with E-state index in [1.165, 1.54) is 11.1 Å². The number of amides is 2. The summed E-state index contributed by atoms with van der Waals surface area (Å²) in [6.07, 6.45) is 6.48. The van der Waals surface area contributed by atoms with Crippen LogP contribution in [0, 0.1) is 5.92 Å². The summed E-state index contributed by atoms with van der Waals surface area (Å²) >= 11 is 0. The molecule has 0 spiro atoms. The number of fused-ring (bicyclic) bond motifs is 1. The molecule has 3 aromatic rings. The molecule has 2 amide bonds. The Bertz CT molecular complexity index is 1380. The van der Waals surface area contributed by atoms with Crippen molar-refractivity contribution in [3.63, 3.8) is 0 Å². The third-order valence-electron chi connectivity index (χ3n) is 8.61. The molecule has 0 unspecified atom stereocenters. The Kier molecular flexibility index (Phi) is 7.71. The van der Waals surface area contributed by atoms with Crippen LogP contribution in [0.25, 0.3) is 11.1 Å². The smallest absolute Gasteiger partial charge is 0.266 e. The van der Waals surface area contributed by atoms with E-state index in [0.29, 0.717) is 31.9 Å². The van der Waals surface area contributed by atoms with Crippen LogP contribution in [0.4, 0.5) is 5.69 Å². The monoisotopic (exact) mass is 556 g/mol. The van der Waals surface area contributed by atoms with Gasteiger partial charge in [-0.15, -0.1) is 0 Å². The molecular weight excluding hydrogens is 516 g/mol. The maximum Gasteiger partial charge on any atom is 0.266 e. The molecule has 216 valence electrons. The molecule has 41 heavy (non-hydrogen) atoms. The molecule has 9 heteroatoms. The summed E-state index contributed by atoms with van der Waals surface area (Å²) in [5.41, 5.74) is 4.85. The van der Waals surface area contributed by atoms with Crippen LogP contribution in [0.15, 0.2) is 54.9 Å². The molecule has 0 aliphatic carbocycles. The van der Waals surface area contributed by atoms with E-state index in [-0.39, 0.29) is 17.7 Å². The summed E-state index contributed by atoms with van der Waals surface area (Å²) in [7, 11) is 0. The first-order chi connectivity index (χ1) is 19.9. The molecule has 2 saturated heterocycles. The van der Waals surface area contributed by atoms with Gasteiger partial charge in [0.2, 0.25) is 5.91 Å². The summed E-state index contributed by atoms with van der Waals surface area (Å²) < 4.78 is 6.26.